The Hall–Kier alpha value is -2.86. The molecule has 146 valence electrons. The molecule has 2 aromatic carbocycles. The minimum absolute atomic E-state index is 0.0649. The summed E-state index contributed by atoms with van der Waals surface area (Å²) in [7, 11) is 0. The van der Waals surface area contributed by atoms with Crippen molar-refractivity contribution >= 4 is 22.7 Å². The molecule has 1 saturated carbocycles. The summed E-state index contributed by atoms with van der Waals surface area (Å²) in [6.07, 6.45) is 6.09. The lowest BCUT2D eigenvalue weighted by Crippen LogP contribution is -2.26. The molecule has 0 radical (unpaired) electrons. The molecule has 0 N–H and O–H groups in total. The second-order valence-electron chi connectivity index (χ2n) is 7.32. The van der Waals surface area contributed by atoms with E-state index in [0.717, 1.165) is 47.6 Å². The maximum absolute atomic E-state index is 13.2. The van der Waals surface area contributed by atoms with Crippen molar-refractivity contribution in [3.8, 4) is 11.5 Å². The molecular formula is C23H21N3O2S. The number of hydrogen-bond donors (Lipinski definition) is 0. The van der Waals surface area contributed by atoms with Crippen LogP contribution in [0.1, 0.15) is 37.4 Å². The summed E-state index contributed by atoms with van der Waals surface area (Å²) in [5, 5.41) is 1.46. The minimum Gasteiger partial charge on any atom is -0.444 e. The van der Waals surface area contributed by atoms with Crippen LogP contribution in [0.15, 0.2) is 75.2 Å². The predicted molar refractivity (Wildman–Crippen MR) is 115 cm³/mol. The average molecular weight is 404 g/mol. The van der Waals surface area contributed by atoms with Crippen LogP contribution in [0.4, 0.5) is 0 Å². The number of para-hydroxylation sites is 1. The summed E-state index contributed by atoms with van der Waals surface area (Å²) >= 11 is 1.55. The highest BCUT2D eigenvalue weighted by molar-refractivity contribution is 7.98. The number of thioether (sulfide) groups is 1. The van der Waals surface area contributed by atoms with Gasteiger partial charge in [-0.2, -0.15) is 0 Å². The lowest BCUT2D eigenvalue weighted by atomic mass is 10.2. The quantitative estimate of drug-likeness (QED) is 0.327. The van der Waals surface area contributed by atoms with Crippen molar-refractivity contribution < 1.29 is 4.42 Å². The zero-order chi connectivity index (χ0) is 19.6. The lowest BCUT2D eigenvalue weighted by molar-refractivity contribution is 0.457. The number of rotatable bonds is 5. The second-order valence-corrected chi connectivity index (χ2v) is 8.27. The number of fused-ring (bicyclic) bond motifs is 1. The highest BCUT2D eigenvalue weighted by Crippen LogP contribution is 2.33. The van der Waals surface area contributed by atoms with Gasteiger partial charge < -0.3 is 4.42 Å². The van der Waals surface area contributed by atoms with Gasteiger partial charge in [-0.15, -0.1) is 0 Å². The Balaban J connectivity index is 1.46. The first-order valence-electron chi connectivity index (χ1n) is 9.93. The third-order valence-electron chi connectivity index (χ3n) is 5.39. The van der Waals surface area contributed by atoms with Gasteiger partial charge in [0.25, 0.3) is 5.56 Å². The third-order valence-corrected chi connectivity index (χ3v) is 6.37. The van der Waals surface area contributed by atoms with Crippen LogP contribution < -0.4 is 5.56 Å². The fraction of sp³-hybridized carbons (Fsp3) is 0.261. The van der Waals surface area contributed by atoms with Crippen LogP contribution in [-0.2, 0) is 5.75 Å². The maximum atomic E-state index is 13.2. The first-order chi connectivity index (χ1) is 14.3. The summed E-state index contributed by atoms with van der Waals surface area (Å²) in [5.41, 5.74) is 2.61. The van der Waals surface area contributed by atoms with Crippen LogP contribution in [0.5, 0.6) is 0 Å². The molecule has 0 saturated heterocycles. The number of aromatic nitrogens is 3. The first-order valence-corrected chi connectivity index (χ1v) is 10.9. The summed E-state index contributed by atoms with van der Waals surface area (Å²) < 4.78 is 7.56. The predicted octanol–water partition coefficient (Wildman–Crippen LogP) is 5.46. The van der Waals surface area contributed by atoms with Crippen LogP contribution in [0, 0.1) is 0 Å². The van der Waals surface area contributed by atoms with Crippen LogP contribution in [0.3, 0.4) is 0 Å². The lowest BCUT2D eigenvalue weighted by Gasteiger charge is -2.18. The van der Waals surface area contributed by atoms with Gasteiger partial charge in [0, 0.05) is 17.4 Å². The molecule has 0 aliphatic heterocycles. The van der Waals surface area contributed by atoms with E-state index in [9.17, 15) is 4.79 Å². The van der Waals surface area contributed by atoms with Gasteiger partial charge in [0.05, 0.1) is 16.6 Å². The van der Waals surface area contributed by atoms with E-state index in [4.69, 9.17) is 9.40 Å². The second kappa shape index (κ2) is 7.87. The Bertz CT molecular complexity index is 1190. The molecule has 4 aromatic rings. The Morgan fingerprint density at radius 1 is 1.00 bits per heavy atom. The van der Waals surface area contributed by atoms with E-state index in [0.29, 0.717) is 17.0 Å². The summed E-state index contributed by atoms with van der Waals surface area (Å²) in [4.78, 5) is 22.6. The fourth-order valence-corrected chi connectivity index (χ4v) is 4.88. The molecule has 1 aliphatic carbocycles. The van der Waals surface area contributed by atoms with Gasteiger partial charge in [0.15, 0.2) is 5.16 Å². The van der Waals surface area contributed by atoms with E-state index >= 15 is 0 Å². The highest BCUT2D eigenvalue weighted by atomic mass is 32.2. The largest absolute Gasteiger partial charge is 0.444 e. The molecule has 1 fully saturated rings. The van der Waals surface area contributed by atoms with Gasteiger partial charge in [-0.05, 0) is 37.1 Å². The Morgan fingerprint density at radius 3 is 2.59 bits per heavy atom. The zero-order valence-corrected chi connectivity index (χ0v) is 16.8. The van der Waals surface area contributed by atoms with E-state index in [1.807, 2.05) is 59.2 Å². The minimum atomic E-state index is 0.0649. The average Bonchev–Trinajstić information content (AvgIpc) is 3.45. The summed E-state index contributed by atoms with van der Waals surface area (Å²) in [6.45, 7) is 0. The van der Waals surface area contributed by atoms with E-state index in [1.54, 1.807) is 18.0 Å². The van der Waals surface area contributed by atoms with E-state index in [-0.39, 0.29) is 11.6 Å². The van der Waals surface area contributed by atoms with Gasteiger partial charge in [0.2, 0.25) is 5.89 Å². The normalized spacial score (nSPS) is 14.6. The molecule has 2 aromatic heterocycles. The molecule has 2 heterocycles. The molecule has 29 heavy (non-hydrogen) atoms. The van der Waals surface area contributed by atoms with Gasteiger partial charge in [-0.3, -0.25) is 9.36 Å². The van der Waals surface area contributed by atoms with E-state index < -0.39 is 0 Å². The van der Waals surface area contributed by atoms with Crippen LogP contribution in [-0.4, -0.2) is 14.5 Å². The smallest absolute Gasteiger partial charge is 0.262 e. The molecule has 0 amide bonds. The fourth-order valence-electron chi connectivity index (χ4n) is 3.94. The summed E-state index contributed by atoms with van der Waals surface area (Å²) in [6, 6.07) is 17.7. The molecule has 0 bridgehead atoms. The zero-order valence-electron chi connectivity index (χ0n) is 16.0. The SMILES string of the molecule is O=c1c2ccccc2nc(SCc2coc(-c3ccccc3)n2)n1C1CCCC1. The molecule has 5 rings (SSSR count). The van der Waals surface area contributed by atoms with E-state index in [1.165, 1.54) is 0 Å². The van der Waals surface area contributed by atoms with Crippen molar-refractivity contribution in [2.75, 3.05) is 0 Å². The molecular weight excluding hydrogens is 382 g/mol. The van der Waals surface area contributed by atoms with Crippen molar-refractivity contribution in [3.63, 3.8) is 0 Å². The van der Waals surface area contributed by atoms with E-state index in [2.05, 4.69) is 4.98 Å². The molecule has 6 heteroatoms. The van der Waals surface area contributed by atoms with Crippen molar-refractivity contribution in [1.82, 2.24) is 14.5 Å². The Kier molecular flexibility index (Phi) is 4.94. The number of nitrogens with zero attached hydrogens (tertiary/aromatic N) is 3. The molecule has 0 unspecified atom stereocenters. The number of oxazole rings is 1. The maximum Gasteiger partial charge on any atom is 0.262 e. The molecule has 0 atom stereocenters. The van der Waals surface area contributed by atoms with Crippen LogP contribution >= 0.6 is 11.8 Å². The number of hydrogen-bond acceptors (Lipinski definition) is 5. The van der Waals surface area contributed by atoms with Crippen molar-refractivity contribution in [1.29, 1.82) is 0 Å². The topological polar surface area (TPSA) is 60.9 Å². The molecule has 0 spiro atoms. The monoisotopic (exact) mass is 403 g/mol. The van der Waals surface area contributed by atoms with Crippen LogP contribution in [0.2, 0.25) is 0 Å². The standard InChI is InChI=1S/C23H21N3O2S/c27-22-19-12-6-7-13-20(19)25-23(26(22)18-10-4-5-11-18)29-15-17-14-28-21(24-17)16-8-2-1-3-9-16/h1-3,6-9,12-14,18H,4-5,10-11,15H2. The Labute approximate surface area is 172 Å². The van der Waals surface area contributed by atoms with Gasteiger partial charge in [0.1, 0.15) is 6.26 Å². The molecule has 5 nitrogen and oxygen atoms in total. The van der Waals surface area contributed by atoms with Crippen LogP contribution in [0.25, 0.3) is 22.4 Å². The third kappa shape index (κ3) is 3.60. The first kappa shape index (κ1) is 18.2. The van der Waals surface area contributed by atoms with Crippen molar-refractivity contribution in [3.05, 3.63) is 76.9 Å². The van der Waals surface area contributed by atoms with Gasteiger partial charge in [-0.1, -0.05) is 54.9 Å². The van der Waals surface area contributed by atoms with Crippen molar-refractivity contribution in [2.45, 2.75) is 42.6 Å². The summed E-state index contributed by atoms with van der Waals surface area (Å²) in [5.74, 6) is 1.22. The molecule has 1 aliphatic rings. The highest BCUT2D eigenvalue weighted by Gasteiger charge is 2.23. The van der Waals surface area contributed by atoms with Crippen molar-refractivity contribution in [2.24, 2.45) is 0 Å². The van der Waals surface area contributed by atoms with Gasteiger partial charge in [-0.25, -0.2) is 9.97 Å². The van der Waals surface area contributed by atoms with Gasteiger partial charge >= 0.3 is 0 Å². The number of benzene rings is 2. The Morgan fingerprint density at radius 2 is 1.76 bits per heavy atom.